The van der Waals surface area contributed by atoms with Gasteiger partial charge in [-0.3, -0.25) is 0 Å². The van der Waals surface area contributed by atoms with Gasteiger partial charge in [0.25, 0.3) is 0 Å². The van der Waals surface area contributed by atoms with Crippen molar-refractivity contribution >= 4 is 11.8 Å². The van der Waals surface area contributed by atoms with Crippen molar-refractivity contribution in [2.75, 3.05) is 4.90 Å². The van der Waals surface area contributed by atoms with Crippen molar-refractivity contribution in [2.45, 2.75) is 75.4 Å². The molecule has 3 atom stereocenters. The number of rotatable bonds is 7. The van der Waals surface area contributed by atoms with Gasteiger partial charge >= 0.3 is 12.1 Å². The smallest absolute Gasteiger partial charge is 0.417 e. The predicted octanol–water partition coefficient (Wildman–Crippen LogP) is 6.05. The van der Waals surface area contributed by atoms with E-state index < -0.39 is 17.7 Å². The molecule has 2 aromatic heterocycles. The van der Waals surface area contributed by atoms with E-state index in [2.05, 4.69) is 15.0 Å². The molecule has 2 bridgehead atoms. The number of nitrogens with zero attached hydrogens (tertiary/aromatic N) is 3. The molecule has 7 nitrogen and oxygen atoms in total. The number of fused-ring (bicyclic) bond motifs is 2. The van der Waals surface area contributed by atoms with Crippen molar-refractivity contribution in [3.63, 3.8) is 0 Å². The average molecular weight is 514 g/mol. The first-order valence-electron chi connectivity index (χ1n) is 12.5. The summed E-state index contributed by atoms with van der Waals surface area (Å²) in [5.74, 6) is 0.467. The highest BCUT2D eigenvalue weighted by atomic mass is 19.4. The van der Waals surface area contributed by atoms with Gasteiger partial charge in [0, 0.05) is 35.3 Å². The summed E-state index contributed by atoms with van der Waals surface area (Å²) in [4.78, 5) is 18.0. The maximum atomic E-state index is 13.7. The van der Waals surface area contributed by atoms with Crippen LogP contribution < -0.4 is 4.90 Å². The normalized spacial score (nSPS) is 23.4. The van der Waals surface area contributed by atoms with Gasteiger partial charge in [0.2, 0.25) is 0 Å². The van der Waals surface area contributed by atoms with Gasteiger partial charge < -0.3 is 19.3 Å². The minimum atomic E-state index is -4.51. The van der Waals surface area contributed by atoms with E-state index in [1.165, 1.54) is 24.4 Å². The van der Waals surface area contributed by atoms with Crippen LogP contribution in [-0.2, 0) is 17.5 Å². The third kappa shape index (κ3) is 4.58. The van der Waals surface area contributed by atoms with Crippen LogP contribution in [0.2, 0.25) is 0 Å². The molecule has 0 amide bonds. The lowest BCUT2D eigenvalue weighted by molar-refractivity contribution is -0.137. The molecule has 0 spiro atoms. The second-order valence-electron chi connectivity index (χ2n) is 10.1. The van der Waals surface area contributed by atoms with Gasteiger partial charge in [0.1, 0.15) is 17.3 Å². The van der Waals surface area contributed by atoms with E-state index in [1.54, 1.807) is 12.1 Å². The molecule has 3 aliphatic rings. The van der Waals surface area contributed by atoms with E-state index in [0.29, 0.717) is 17.1 Å². The molecule has 1 saturated carbocycles. The Labute approximate surface area is 211 Å². The average Bonchev–Trinajstić information content (AvgIpc) is 3.58. The standard InChI is InChI=1S/C27H26F3N3O4/c28-27(29,30)22-4-2-1-3-20(22)24-21(25(37-32-24)15-5-6-15)14-36-19-12-17-7-8-18(13-19)33(17)23-11-16(26(34)35)9-10-31-23/h1-4,9-11,15,17-19H,5-8,12-14H2,(H,34,35)/t17-,18+,19-. The number of hydrogen-bond donors (Lipinski definition) is 1. The minimum absolute atomic E-state index is 0.00326. The molecular weight excluding hydrogens is 487 g/mol. The lowest BCUT2D eigenvalue weighted by atomic mass is 9.98. The minimum Gasteiger partial charge on any atom is -0.478 e. The first-order chi connectivity index (χ1) is 17.8. The molecule has 3 aromatic rings. The number of ether oxygens (including phenoxy) is 1. The quantitative estimate of drug-likeness (QED) is 0.412. The number of aromatic carboxylic acids is 1. The Kier molecular flexibility index (Phi) is 5.94. The molecule has 2 aliphatic heterocycles. The molecule has 4 heterocycles. The van der Waals surface area contributed by atoms with Gasteiger partial charge in [-0.25, -0.2) is 9.78 Å². The fourth-order valence-corrected chi connectivity index (χ4v) is 5.81. The van der Waals surface area contributed by atoms with Gasteiger partial charge in [0.05, 0.1) is 23.8 Å². The van der Waals surface area contributed by atoms with Crippen molar-refractivity contribution < 1.29 is 32.3 Å². The van der Waals surface area contributed by atoms with Gasteiger partial charge in [-0.2, -0.15) is 13.2 Å². The van der Waals surface area contributed by atoms with Gasteiger partial charge in [-0.15, -0.1) is 0 Å². The van der Waals surface area contributed by atoms with Crippen LogP contribution >= 0.6 is 0 Å². The summed E-state index contributed by atoms with van der Waals surface area (Å²) < 4.78 is 53.1. The van der Waals surface area contributed by atoms with Gasteiger partial charge in [-0.1, -0.05) is 23.4 Å². The first kappa shape index (κ1) is 24.0. The van der Waals surface area contributed by atoms with Crippen LogP contribution in [0, 0.1) is 0 Å². The molecule has 10 heteroatoms. The maximum Gasteiger partial charge on any atom is 0.417 e. The maximum absolute atomic E-state index is 13.7. The summed E-state index contributed by atoms with van der Waals surface area (Å²) in [7, 11) is 0. The van der Waals surface area contributed by atoms with Crippen molar-refractivity contribution in [3.8, 4) is 11.3 Å². The topological polar surface area (TPSA) is 88.7 Å². The molecule has 6 rings (SSSR count). The highest BCUT2D eigenvalue weighted by Gasteiger charge is 2.43. The Morgan fingerprint density at radius 3 is 2.51 bits per heavy atom. The molecule has 3 fully saturated rings. The number of hydrogen-bond acceptors (Lipinski definition) is 6. The second kappa shape index (κ2) is 9.16. The van der Waals surface area contributed by atoms with Crippen molar-refractivity contribution in [2.24, 2.45) is 0 Å². The first-order valence-corrected chi connectivity index (χ1v) is 12.5. The number of halogens is 3. The van der Waals surface area contributed by atoms with Crippen LogP contribution in [0.4, 0.5) is 19.0 Å². The summed E-state index contributed by atoms with van der Waals surface area (Å²) in [5.41, 5.74) is 0.266. The van der Waals surface area contributed by atoms with Crippen LogP contribution in [0.25, 0.3) is 11.3 Å². The van der Waals surface area contributed by atoms with Crippen LogP contribution in [0.15, 0.2) is 47.1 Å². The third-order valence-corrected chi connectivity index (χ3v) is 7.66. The number of aromatic nitrogens is 2. The molecule has 194 valence electrons. The number of pyridine rings is 1. The fourth-order valence-electron chi connectivity index (χ4n) is 5.81. The zero-order valence-electron chi connectivity index (χ0n) is 19.9. The van der Waals surface area contributed by atoms with Gasteiger partial charge in [-0.05, 0) is 56.7 Å². The number of piperidine rings is 1. The van der Waals surface area contributed by atoms with Crippen molar-refractivity contribution in [1.82, 2.24) is 10.1 Å². The van der Waals surface area contributed by atoms with Crippen LogP contribution in [0.3, 0.4) is 0 Å². The highest BCUT2D eigenvalue weighted by molar-refractivity contribution is 5.88. The van der Waals surface area contributed by atoms with Crippen LogP contribution in [0.5, 0.6) is 0 Å². The van der Waals surface area contributed by atoms with Gasteiger partial charge in [0.15, 0.2) is 0 Å². The molecule has 37 heavy (non-hydrogen) atoms. The molecule has 1 N–H and O–H groups in total. The van der Waals surface area contributed by atoms with Crippen LogP contribution in [-0.4, -0.2) is 39.4 Å². The zero-order chi connectivity index (χ0) is 25.7. The molecule has 0 unspecified atom stereocenters. The summed E-state index contributed by atoms with van der Waals surface area (Å²) in [6.45, 7) is 0.133. The Morgan fingerprint density at radius 2 is 1.84 bits per heavy atom. The number of benzene rings is 1. The predicted molar refractivity (Wildman–Crippen MR) is 127 cm³/mol. The molecule has 2 saturated heterocycles. The Hall–Kier alpha value is -3.40. The lowest BCUT2D eigenvalue weighted by Gasteiger charge is -2.39. The van der Waals surface area contributed by atoms with E-state index in [1.807, 2.05) is 0 Å². The Morgan fingerprint density at radius 1 is 1.11 bits per heavy atom. The van der Waals surface area contributed by atoms with E-state index in [-0.39, 0.29) is 47.5 Å². The number of carbonyl (C=O) groups is 1. The van der Waals surface area contributed by atoms with E-state index in [4.69, 9.17) is 9.26 Å². The molecular formula is C27H26F3N3O4. The summed E-state index contributed by atoms with van der Waals surface area (Å²) in [6.07, 6.45) is 2.15. The third-order valence-electron chi connectivity index (χ3n) is 7.66. The highest BCUT2D eigenvalue weighted by Crippen LogP contribution is 2.46. The summed E-state index contributed by atoms with van der Waals surface area (Å²) in [6, 6.07) is 8.85. The van der Waals surface area contributed by atoms with E-state index in [0.717, 1.165) is 44.6 Å². The SMILES string of the molecule is O=C(O)c1ccnc(N2[C@@H]3CC[C@H]2C[C@H](OCc2c(-c4ccccc4C(F)(F)F)noc2C2CC2)C3)c1. The second-order valence-corrected chi connectivity index (χ2v) is 10.1. The van der Waals surface area contributed by atoms with Crippen LogP contribution in [0.1, 0.15) is 71.7 Å². The fraction of sp³-hybridized carbons (Fsp3) is 0.444. The summed E-state index contributed by atoms with van der Waals surface area (Å²) >= 11 is 0. The number of carboxylic acid groups (broad SMARTS) is 1. The number of carboxylic acids is 1. The lowest BCUT2D eigenvalue weighted by Crippen LogP contribution is -2.46. The monoisotopic (exact) mass is 513 g/mol. The Balaban J connectivity index is 1.22. The number of alkyl halides is 3. The number of anilines is 1. The molecule has 1 aromatic carbocycles. The van der Waals surface area contributed by atoms with Crippen molar-refractivity contribution in [1.29, 1.82) is 0 Å². The van der Waals surface area contributed by atoms with Crippen molar-refractivity contribution in [3.05, 3.63) is 65.0 Å². The largest absolute Gasteiger partial charge is 0.478 e. The Bertz CT molecular complexity index is 1310. The zero-order valence-corrected chi connectivity index (χ0v) is 19.9. The summed E-state index contributed by atoms with van der Waals surface area (Å²) in [5, 5.41) is 13.4. The van der Waals surface area contributed by atoms with E-state index in [9.17, 15) is 23.1 Å². The van der Waals surface area contributed by atoms with E-state index >= 15 is 0 Å². The molecule has 1 aliphatic carbocycles. The molecule has 0 radical (unpaired) electrons.